The molecule has 0 aliphatic carbocycles. The van der Waals surface area contributed by atoms with Gasteiger partial charge >= 0.3 is 0 Å². The van der Waals surface area contributed by atoms with Crippen LogP contribution in [0.4, 0.5) is 0 Å². The van der Waals surface area contributed by atoms with Crippen molar-refractivity contribution in [2.24, 2.45) is 11.5 Å². The van der Waals surface area contributed by atoms with Gasteiger partial charge in [0.1, 0.15) is 0 Å². The summed E-state index contributed by atoms with van der Waals surface area (Å²) < 4.78 is 0. The summed E-state index contributed by atoms with van der Waals surface area (Å²) in [7, 11) is 0. The fraction of sp³-hybridized carbons (Fsp3) is 0.857. The number of carbonyl (C=O) groups excluding carboxylic acids is 1. The average molecular weight is 174 g/mol. The van der Waals surface area contributed by atoms with Crippen LogP contribution in [-0.2, 0) is 4.79 Å². The smallest absolute Gasteiger partial charge is 0.218 e. The molecule has 0 aromatic rings. The zero-order valence-corrected chi connectivity index (χ0v) is 7.31. The molecule has 0 fully saturated rings. The second-order valence-corrected chi connectivity index (χ2v) is 2.50. The topological polar surface area (TPSA) is 93.2 Å². The summed E-state index contributed by atoms with van der Waals surface area (Å²) in [6.45, 7) is 3.85. The average Bonchev–Trinajstić information content (AvgIpc) is 2.02. The third-order valence-corrected chi connectivity index (χ3v) is 1.35. The molecule has 5 nitrogen and oxygen atoms in total. The van der Waals surface area contributed by atoms with E-state index in [9.17, 15) is 4.79 Å². The highest BCUT2D eigenvalue weighted by atomic mass is 16.1. The Hall–Kier alpha value is -0.650. The number of amides is 1. The van der Waals surface area contributed by atoms with Crippen molar-refractivity contribution in [1.29, 1.82) is 0 Å². The highest BCUT2D eigenvalue weighted by Crippen LogP contribution is 1.70. The van der Waals surface area contributed by atoms with Crippen LogP contribution in [0.1, 0.15) is 6.42 Å². The van der Waals surface area contributed by atoms with Crippen molar-refractivity contribution in [3.63, 3.8) is 0 Å². The van der Waals surface area contributed by atoms with Crippen molar-refractivity contribution in [3.8, 4) is 0 Å². The number of nitrogens with one attached hydrogen (secondary N) is 2. The summed E-state index contributed by atoms with van der Waals surface area (Å²) in [5.74, 6) is -0.266. The minimum atomic E-state index is -0.266. The minimum absolute atomic E-state index is 0.266. The molecule has 0 radical (unpaired) electrons. The van der Waals surface area contributed by atoms with E-state index >= 15 is 0 Å². The molecule has 0 aliphatic rings. The van der Waals surface area contributed by atoms with Crippen LogP contribution in [0.15, 0.2) is 0 Å². The maximum Gasteiger partial charge on any atom is 0.218 e. The van der Waals surface area contributed by atoms with E-state index in [4.69, 9.17) is 11.5 Å². The van der Waals surface area contributed by atoms with E-state index in [2.05, 4.69) is 10.6 Å². The van der Waals surface area contributed by atoms with Gasteiger partial charge in [0, 0.05) is 39.1 Å². The van der Waals surface area contributed by atoms with Gasteiger partial charge in [0.15, 0.2) is 0 Å². The number of rotatable bonds is 8. The first-order valence-electron chi connectivity index (χ1n) is 4.17. The molecule has 72 valence electrons. The van der Waals surface area contributed by atoms with Crippen LogP contribution in [0.3, 0.4) is 0 Å². The molecule has 1 amide bonds. The van der Waals surface area contributed by atoms with Crippen molar-refractivity contribution in [2.45, 2.75) is 6.42 Å². The van der Waals surface area contributed by atoms with Crippen LogP contribution in [-0.4, -0.2) is 38.6 Å². The normalized spacial score (nSPS) is 10.1. The Morgan fingerprint density at radius 3 is 2.17 bits per heavy atom. The van der Waals surface area contributed by atoms with E-state index in [1.165, 1.54) is 0 Å². The van der Waals surface area contributed by atoms with E-state index in [0.717, 1.165) is 19.6 Å². The minimum Gasteiger partial charge on any atom is -0.370 e. The Bertz CT molecular complexity index is 118. The predicted molar refractivity (Wildman–Crippen MR) is 48.6 cm³/mol. The molecule has 0 aromatic heterocycles. The van der Waals surface area contributed by atoms with E-state index in [1.54, 1.807) is 0 Å². The first-order valence-corrected chi connectivity index (χ1v) is 4.17. The van der Waals surface area contributed by atoms with Gasteiger partial charge in [0.2, 0.25) is 5.91 Å². The maximum atomic E-state index is 10.3. The van der Waals surface area contributed by atoms with Crippen LogP contribution in [0.5, 0.6) is 0 Å². The lowest BCUT2D eigenvalue weighted by molar-refractivity contribution is -0.117. The molecule has 0 saturated heterocycles. The summed E-state index contributed by atoms with van der Waals surface area (Å²) >= 11 is 0. The predicted octanol–water partition coefficient (Wildman–Crippen LogP) is -2.00. The molecule has 5 heteroatoms. The lowest BCUT2D eigenvalue weighted by atomic mass is 10.4. The Labute approximate surface area is 72.9 Å². The van der Waals surface area contributed by atoms with Crippen molar-refractivity contribution in [2.75, 3.05) is 32.7 Å². The molecule has 0 unspecified atom stereocenters. The molecule has 0 heterocycles. The highest BCUT2D eigenvalue weighted by molar-refractivity contribution is 5.73. The first-order chi connectivity index (χ1) is 5.77. The number of primary amides is 1. The Morgan fingerprint density at radius 1 is 1.08 bits per heavy atom. The molecule has 6 N–H and O–H groups in total. The molecule has 0 rings (SSSR count). The van der Waals surface area contributed by atoms with Gasteiger partial charge < -0.3 is 22.1 Å². The molecule has 12 heavy (non-hydrogen) atoms. The van der Waals surface area contributed by atoms with Gasteiger partial charge in [-0.2, -0.15) is 0 Å². The number of nitrogens with two attached hydrogens (primary N) is 2. The Kier molecular flexibility index (Phi) is 7.99. The zero-order chi connectivity index (χ0) is 9.23. The van der Waals surface area contributed by atoms with Gasteiger partial charge in [0.05, 0.1) is 0 Å². The quantitative estimate of drug-likeness (QED) is 0.320. The largest absolute Gasteiger partial charge is 0.370 e. The molecule has 0 aliphatic heterocycles. The second-order valence-electron chi connectivity index (χ2n) is 2.50. The summed E-state index contributed by atoms with van der Waals surface area (Å²) in [5, 5.41) is 6.19. The molecule has 0 atom stereocenters. The molecule has 0 saturated carbocycles. The number of carbonyl (C=O) groups is 1. The van der Waals surface area contributed by atoms with Crippen molar-refractivity contribution in [3.05, 3.63) is 0 Å². The van der Waals surface area contributed by atoms with Gasteiger partial charge in [-0.05, 0) is 0 Å². The van der Waals surface area contributed by atoms with Crippen LogP contribution in [0.2, 0.25) is 0 Å². The lowest BCUT2D eigenvalue weighted by Gasteiger charge is -2.03. The molecular weight excluding hydrogens is 156 g/mol. The van der Waals surface area contributed by atoms with Gasteiger partial charge in [0.25, 0.3) is 0 Å². The standard InChI is InChI=1S/C7H18N4O/c8-2-4-11-6-5-10-3-1-7(9)12/h10-11H,1-6,8H2,(H2,9,12). The molecule has 0 bridgehead atoms. The molecular formula is C7H18N4O. The zero-order valence-electron chi connectivity index (χ0n) is 7.31. The summed E-state index contributed by atoms with van der Waals surface area (Å²) in [6.07, 6.45) is 0.400. The van der Waals surface area contributed by atoms with Gasteiger partial charge in [-0.1, -0.05) is 0 Å². The van der Waals surface area contributed by atoms with E-state index in [-0.39, 0.29) is 5.91 Å². The fourth-order valence-electron chi connectivity index (χ4n) is 0.740. The molecule has 0 spiro atoms. The van der Waals surface area contributed by atoms with Gasteiger partial charge in [-0.25, -0.2) is 0 Å². The van der Waals surface area contributed by atoms with Gasteiger partial charge in [-0.15, -0.1) is 0 Å². The Morgan fingerprint density at radius 2 is 1.67 bits per heavy atom. The van der Waals surface area contributed by atoms with Gasteiger partial charge in [-0.3, -0.25) is 4.79 Å². The van der Waals surface area contributed by atoms with Crippen molar-refractivity contribution >= 4 is 5.91 Å². The van der Waals surface area contributed by atoms with E-state index in [1.807, 2.05) is 0 Å². The number of hydrogen-bond donors (Lipinski definition) is 4. The second kappa shape index (κ2) is 8.45. The first kappa shape index (κ1) is 11.4. The monoisotopic (exact) mass is 174 g/mol. The van der Waals surface area contributed by atoms with Crippen LogP contribution >= 0.6 is 0 Å². The maximum absolute atomic E-state index is 10.3. The van der Waals surface area contributed by atoms with Crippen LogP contribution in [0, 0.1) is 0 Å². The summed E-state index contributed by atoms with van der Waals surface area (Å²) in [4.78, 5) is 10.3. The third kappa shape index (κ3) is 9.35. The van der Waals surface area contributed by atoms with Crippen molar-refractivity contribution in [1.82, 2.24) is 10.6 Å². The lowest BCUT2D eigenvalue weighted by Crippen LogP contribution is -2.32. The highest BCUT2D eigenvalue weighted by Gasteiger charge is 1.91. The van der Waals surface area contributed by atoms with E-state index < -0.39 is 0 Å². The van der Waals surface area contributed by atoms with Crippen LogP contribution in [0.25, 0.3) is 0 Å². The SMILES string of the molecule is NCCNCCNCCC(N)=O. The van der Waals surface area contributed by atoms with Crippen molar-refractivity contribution < 1.29 is 4.79 Å². The Balaban J connectivity index is 2.86. The summed E-state index contributed by atoms with van der Waals surface area (Å²) in [6, 6.07) is 0. The number of hydrogen-bond acceptors (Lipinski definition) is 4. The fourth-order valence-corrected chi connectivity index (χ4v) is 0.740. The van der Waals surface area contributed by atoms with E-state index in [0.29, 0.717) is 19.5 Å². The third-order valence-electron chi connectivity index (χ3n) is 1.35. The summed E-state index contributed by atoms with van der Waals surface area (Å²) in [5.41, 5.74) is 10.2. The van der Waals surface area contributed by atoms with Crippen LogP contribution < -0.4 is 22.1 Å². The molecule has 0 aromatic carbocycles.